The number of methoxy groups -OCH3 is 2. The molecule has 2 aliphatic rings. The van der Waals surface area contributed by atoms with Crippen molar-refractivity contribution in [1.82, 2.24) is 10.2 Å². The summed E-state index contributed by atoms with van der Waals surface area (Å²) >= 11 is 0. The van der Waals surface area contributed by atoms with Crippen LogP contribution in [0.4, 0.5) is 0 Å². The summed E-state index contributed by atoms with van der Waals surface area (Å²) in [6.45, 7) is -0.256. The van der Waals surface area contributed by atoms with Crippen molar-refractivity contribution in [1.29, 1.82) is 0 Å². The van der Waals surface area contributed by atoms with E-state index in [1.807, 2.05) is 48.5 Å². The molecule has 1 aliphatic carbocycles. The fourth-order valence-corrected chi connectivity index (χ4v) is 4.69. The van der Waals surface area contributed by atoms with Gasteiger partial charge in [-0.2, -0.15) is 0 Å². The van der Waals surface area contributed by atoms with Crippen molar-refractivity contribution in [3.63, 3.8) is 0 Å². The Morgan fingerprint density at radius 1 is 0.875 bits per heavy atom. The second kappa shape index (κ2) is 9.42. The number of carbonyl (C=O) groups excluding carboxylic acids is 3. The molecule has 2 aromatic carbocycles. The molecular weight excluding hydrogens is 408 g/mol. The molecule has 4 rings (SSSR count). The normalized spacial score (nSPS) is 20.3. The van der Waals surface area contributed by atoms with Crippen LogP contribution in [0.15, 0.2) is 48.5 Å². The zero-order chi connectivity index (χ0) is 22.7. The number of rotatable bonds is 7. The molecule has 3 amide bonds. The highest BCUT2D eigenvalue weighted by molar-refractivity contribution is 6.07. The number of fused-ring (bicyclic) bond motifs is 1. The van der Waals surface area contributed by atoms with Crippen LogP contribution in [0.3, 0.4) is 0 Å². The van der Waals surface area contributed by atoms with E-state index in [0.29, 0.717) is 11.5 Å². The molecule has 1 N–H and O–H groups in total. The summed E-state index contributed by atoms with van der Waals surface area (Å²) < 4.78 is 10.5. The molecule has 1 saturated heterocycles. The standard InChI is InChI=1S/C25H28N2O5/c1-31-18-11-7-16(8-12-18)23(17-9-13-19(32-2)14-10-17)26-22(28)15-27-24(29)20-5-3-4-6-21(20)25(27)30/h7-14,20-21,23H,3-6,15H2,1-2H3,(H,26,28). The van der Waals surface area contributed by atoms with E-state index in [9.17, 15) is 14.4 Å². The highest BCUT2D eigenvalue weighted by Crippen LogP contribution is 2.38. The Kier molecular flexibility index (Phi) is 6.44. The van der Waals surface area contributed by atoms with Gasteiger partial charge in [-0.1, -0.05) is 37.1 Å². The average Bonchev–Trinajstić information content (AvgIpc) is 3.08. The molecule has 2 unspecified atom stereocenters. The molecule has 1 heterocycles. The lowest BCUT2D eigenvalue weighted by molar-refractivity contribution is -0.143. The number of hydrogen-bond donors (Lipinski definition) is 1. The van der Waals surface area contributed by atoms with Crippen LogP contribution < -0.4 is 14.8 Å². The molecule has 0 spiro atoms. The average molecular weight is 437 g/mol. The monoisotopic (exact) mass is 436 g/mol. The van der Waals surface area contributed by atoms with E-state index < -0.39 is 6.04 Å². The molecule has 32 heavy (non-hydrogen) atoms. The molecular formula is C25H28N2O5. The third kappa shape index (κ3) is 4.33. The first-order valence-electron chi connectivity index (χ1n) is 10.9. The second-order valence-corrected chi connectivity index (χ2v) is 8.31. The summed E-state index contributed by atoms with van der Waals surface area (Å²) in [6.07, 6.45) is 3.37. The number of hydrogen-bond acceptors (Lipinski definition) is 5. The molecule has 2 atom stereocenters. The van der Waals surface area contributed by atoms with Crippen LogP contribution in [-0.4, -0.2) is 43.4 Å². The number of benzene rings is 2. The Morgan fingerprint density at radius 2 is 1.31 bits per heavy atom. The van der Waals surface area contributed by atoms with Gasteiger partial charge in [0.25, 0.3) is 0 Å². The minimum Gasteiger partial charge on any atom is -0.497 e. The Labute approximate surface area is 187 Å². The van der Waals surface area contributed by atoms with Gasteiger partial charge in [-0.3, -0.25) is 19.3 Å². The van der Waals surface area contributed by atoms with Gasteiger partial charge in [-0.05, 0) is 48.2 Å². The molecule has 0 bridgehead atoms. The largest absolute Gasteiger partial charge is 0.497 e. The van der Waals surface area contributed by atoms with Crippen molar-refractivity contribution in [3.8, 4) is 11.5 Å². The van der Waals surface area contributed by atoms with E-state index in [-0.39, 0.29) is 36.1 Å². The summed E-state index contributed by atoms with van der Waals surface area (Å²) in [7, 11) is 3.19. The Morgan fingerprint density at radius 3 is 1.72 bits per heavy atom. The number of likely N-dealkylation sites (tertiary alicyclic amines) is 1. The SMILES string of the molecule is COc1ccc(C(NC(=O)CN2C(=O)C3CCCCC3C2=O)c2ccc(OC)cc2)cc1. The van der Waals surface area contributed by atoms with Gasteiger partial charge in [0.05, 0.1) is 32.1 Å². The lowest BCUT2D eigenvalue weighted by Gasteiger charge is -2.22. The topological polar surface area (TPSA) is 84.9 Å². The minimum atomic E-state index is -0.450. The van der Waals surface area contributed by atoms with E-state index in [0.717, 1.165) is 41.7 Å². The van der Waals surface area contributed by atoms with E-state index in [1.165, 1.54) is 0 Å². The number of imide groups is 1. The molecule has 1 saturated carbocycles. The first kappa shape index (κ1) is 21.9. The van der Waals surface area contributed by atoms with Crippen molar-refractivity contribution in [2.45, 2.75) is 31.7 Å². The van der Waals surface area contributed by atoms with Gasteiger partial charge < -0.3 is 14.8 Å². The maximum absolute atomic E-state index is 13.0. The van der Waals surface area contributed by atoms with Crippen LogP contribution in [-0.2, 0) is 14.4 Å². The fraction of sp³-hybridized carbons (Fsp3) is 0.400. The van der Waals surface area contributed by atoms with Crippen molar-refractivity contribution < 1.29 is 23.9 Å². The van der Waals surface area contributed by atoms with Gasteiger partial charge in [0.15, 0.2) is 0 Å². The van der Waals surface area contributed by atoms with Crippen LogP contribution in [0, 0.1) is 11.8 Å². The smallest absolute Gasteiger partial charge is 0.240 e. The third-order valence-corrected chi connectivity index (χ3v) is 6.44. The fourth-order valence-electron chi connectivity index (χ4n) is 4.69. The lowest BCUT2D eigenvalue weighted by Crippen LogP contribution is -2.42. The number of nitrogens with zero attached hydrogens (tertiary/aromatic N) is 1. The van der Waals surface area contributed by atoms with E-state index in [1.54, 1.807) is 14.2 Å². The lowest BCUT2D eigenvalue weighted by atomic mass is 9.81. The molecule has 168 valence electrons. The summed E-state index contributed by atoms with van der Waals surface area (Å²) in [5.74, 6) is 0.113. The maximum atomic E-state index is 13.0. The predicted molar refractivity (Wildman–Crippen MR) is 118 cm³/mol. The molecule has 0 radical (unpaired) electrons. The maximum Gasteiger partial charge on any atom is 0.240 e. The van der Waals surface area contributed by atoms with Crippen molar-refractivity contribution in [2.24, 2.45) is 11.8 Å². The zero-order valence-corrected chi connectivity index (χ0v) is 18.4. The second-order valence-electron chi connectivity index (χ2n) is 8.31. The van der Waals surface area contributed by atoms with Crippen LogP contribution in [0.1, 0.15) is 42.9 Å². The molecule has 1 aliphatic heterocycles. The van der Waals surface area contributed by atoms with E-state index in [2.05, 4.69) is 5.32 Å². The zero-order valence-electron chi connectivity index (χ0n) is 18.4. The summed E-state index contributed by atoms with van der Waals surface area (Å²) in [5, 5.41) is 3.01. The van der Waals surface area contributed by atoms with Gasteiger partial charge >= 0.3 is 0 Å². The number of amides is 3. The predicted octanol–water partition coefficient (Wildman–Crippen LogP) is 3.08. The van der Waals surface area contributed by atoms with Gasteiger partial charge in [0.1, 0.15) is 18.0 Å². The Hall–Kier alpha value is -3.35. The molecule has 7 nitrogen and oxygen atoms in total. The van der Waals surface area contributed by atoms with Gasteiger partial charge in [0, 0.05) is 0 Å². The van der Waals surface area contributed by atoms with Crippen molar-refractivity contribution in [2.75, 3.05) is 20.8 Å². The van der Waals surface area contributed by atoms with E-state index in [4.69, 9.17) is 9.47 Å². The summed E-state index contributed by atoms with van der Waals surface area (Å²) in [6, 6.07) is 14.4. The van der Waals surface area contributed by atoms with Crippen LogP contribution >= 0.6 is 0 Å². The number of carbonyl (C=O) groups is 3. The van der Waals surface area contributed by atoms with Crippen LogP contribution in [0.5, 0.6) is 11.5 Å². The van der Waals surface area contributed by atoms with Crippen LogP contribution in [0.25, 0.3) is 0 Å². The first-order valence-corrected chi connectivity index (χ1v) is 10.9. The van der Waals surface area contributed by atoms with Gasteiger partial charge in [-0.25, -0.2) is 0 Å². The quantitative estimate of drug-likeness (QED) is 0.675. The van der Waals surface area contributed by atoms with Gasteiger partial charge in [0.2, 0.25) is 17.7 Å². The highest BCUT2D eigenvalue weighted by Gasteiger charge is 2.48. The minimum absolute atomic E-state index is 0.208. The first-order chi connectivity index (χ1) is 15.5. The number of nitrogens with one attached hydrogen (secondary N) is 1. The summed E-state index contributed by atoms with van der Waals surface area (Å²) in [4.78, 5) is 39.6. The molecule has 0 aromatic heterocycles. The molecule has 2 fully saturated rings. The molecule has 7 heteroatoms. The van der Waals surface area contributed by atoms with Crippen molar-refractivity contribution in [3.05, 3.63) is 59.7 Å². The number of ether oxygens (including phenoxy) is 2. The molecule has 2 aromatic rings. The Balaban J connectivity index is 1.54. The van der Waals surface area contributed by atoms with E-state index >= 15 is 0 Å². The highest BCUT2D eigenvalue weighted by atomic mass is 16.5. The summed E-state index contributed by atoms with van der Waals surface area (Å²) in [5.41, 5.74) is 1.72. The third-order valence-electron chi connectivity index (χ3n) is 6.44. The van der Waals surface area contributed by atoms with Crippen LogP contribution in [0.2, 0.25) is 0 Å². The van der Waals surface area contributed by atoms with Crippen molar-refractivity contribution >= 4 is 17.7 Å². The Bertz CT molecular complexity index is 915. The van der Waals surface area contributed by atoms with Gasteiger partial charge in [-0.15, -0.1) is 0 Å².